The average molecular weight is 371 g/mol. The van der Waals surface area contributed by atoms with Crippen molar-refractivity contribution in [2.45, 2.75) is 124 Å². The van der Waals surface area contributed by atoms with Crippen LogP contribution in [0.2, 0.25) is 0 Å². The Morgan fingerprint density at radius 1 is 0.615 bits per heavy atom. The van der Waals surface area contributed by atoms with E-state index in [0.29, 0.717) is 11.1 Å². The van der Waals surface area contributed by atoms with E-state index in [0.717, 1.165) is 26.1 Å². The zero-order chi connectivity index (χ0) is 19.5. The van der Waals surface area contributed by atoms with Crippen LogP contribution in [0.4, 0.5) is 0 Å². The second-order valence-electron chi connectivity index (χ2n) is 7.83. The topological polar surface area (TPSA) is 26.3 Å². The molecule has 0 amide bonds. The Hall–Kier alpha value is -0.570. The summed E-state index contributed by atoms with van der Waals surface area (Å²) < 4.78 is 0.505. The van der Waals surface area contributed by atoms with Crippen LogP contribution in [0.1, 0.15) is 124 Å². The third-order valence-electron chi connectivity index (χ3n) is 5.66. The van der Waals surface area contributed by atoms with Gasteiger partial charge in [0.2, 0.25) is 0 Å². The zero-order valence-corrected chi connectivity index (χ0v) is 18.5. The van der Waals surface area contributed by atoms with Gasteiger partial charge < -0.3 is 0 Å². The van der Waals surface area contributed by atoms with Crippen LogP contribution in [0.15, 0.2) is 0 Å². The highest BCUT2D eigenvalue weighted by atomic mass is 16.7. The molecule has 156 valence electrons. The molecule has 0 spiro atoms. The summed E-state index contributed by atoms with van der Waals surface area (Å²) in [5.74, 6) is -0.0703. The molecule has 0 bridgehead atoms. The molecule has 3 nitrogen and oxygen atoms in total. The summed E-state index contributed by atoms with van der Waals surface area (Å²) in [4.78, 5) is 17.4. The monoisotopic (exact) mass is 370 g/mol. The van der Waals surface area contributed by atoms with Gasteiger partial charge in [0.1, 0.15) is 19.6 Å². The maximum absolute atomic E-state index is 11.7. The van der Waals surface area contributed by atoms with Crippen molar-refractivity contribution in [3.05, 3.63) is 0 Å². The number of quaternary nitrogens is 1. The molecule has 0 aromatic heterocycles. The molecule has 0 aromatic rings. The van der Waals surface area contributed by atoms with Gasteiger partial charge >= 0.3 is 5.97 Å². The Morgan fingerprint density at radius 2 is 1.00 bits per heavy atom. The van der Waals surface area contributed by atoms with E-state index in [2.05, 4.69) is 20.8 Å². The van der Waals surface area contributed by atoms with E-state index >= 15 is 0 Å². The number of hydroxylamine groups is 3. The molecule has 0 unspecified atom stereocenters. The summed E-state index contributed by atoms with van der Waals surface area (Å²) in [7, 11) is 0. The Morgan fingerprint density at radius 3 is 1.35 bits per heavy atom. The molecule has 0 saturated carbocycles. The highest BCUT2D eigenvalue weighted by Crippen LogP contribution is 2.15. The second kappa shape index (κ2) is 17.8. The molecule has 3 heteroatoms. The first-order chi connectivity index (χ1) is 12.6. The van der Waals surface area contributed by atoms with Crippen molar-refractivity contribution in [2.24, 2.45) is 0 Å². The molecule has 0 aliphatic carbocycles. The minimum atomic E-state index is -0.0703. The average Bonchev–Trinajstić information content (AvgIpc) is 2.67. The van der Waals surface area contributed by atoms with Crippen LogP contribution in [0.5, 0.6) is 0 Å². The number of rotatable bonds is 19. The summed E-state index contributed by atoms with van der Waals surface area (Å²) in [5, 5.41) is 0. The fourth-order valence-corrected chi connectivity index (χ4v) is 3.59. The second-order valence-corrected chi connectivity index (χ2v) is 7.83. The Kier molecular flexibility index (Phi) is 17.4. The first-order valence-electron chi connectivity index (χ1n) is 11.7. The van der Waals surface area contributed by atoms with Crippen LogP contribution in [-0.4, -0.2) is 30.2 Å². The predicted octanol–water partition coefficient (Wildman–Crippen LogP) is 7.19. The summed E-state index contributed by atoms with van der Waals surface area (Å²) in [6.45, 7) is 11.1. The van der Waals surface area contributed by atoms with Gasteiger partial charge in [0.25, 0.3) is 0 Å². The lowest BCUT2D eigenvalue weighted by Gasteiger charge is -2.32. The number of hydrogen-bond acceptors (Lipinski definition) is 2. The van der Waals surface area contributed by atoms with Crippen LogP contribution in [-0.2, 0) is 9.63 Å². The molecule has 0 atom stereocenters. The van der Waals surface area contributed by atoms with Gasteiger partial charge in [0.15, 0.2) is 0 Å². The van der Waals surface area contributed by atoms with E-state index in [1.807, 2.05) is 6.92 Å². The predicted molar refractivity (Wildman–Crippen MR) is 113 cm³/mol. The Balaban J connectivity index is 3.52. The number of nitrogens with zero attached hydrogens (tertiary/aromatic N) is 1. The maximum Gasteiger partial charge on any atom is 0.366 e. The van der Waals surface area contributed by atoms with Crippen molar-refractivity contribution in [1.82, 2.24) is 0 Å². The van der Waals surface area contributed by atoms with Crippen molar-refractivity contribution in [3.8, 4) is 0 Å². The van der Waals surface area contributed by atoms with E-state index in [1.165, 1.54) is 83.5 Å². The van der Waals surface area contributed by atoms with E-state index in [1.54, 1.807) is 0 Å². The third kappa shape index (κ3) is 13.6. The molecule has 0 heterocycles. The minimum absolute atomic E-state index is 0.0703. The highest BCUT2D eigenvalue weighted by molar-refractivity contribution is 5.68. The number of unbranched alkanes of at least 4 members (excludes halogenated alkanes) is 13. The molecule has 0 fully saturated rings. The first-order valence-corrected chi connectivity index (χ1v) is 11.7. The molecule has 0 aromatic carbocycles. The fraction of sp³-hybridized carbons (Fsp3) is 0.957. The van der Waals surface area contributed by atoms with Gasteiger partial charge in [-0.3, -0.25) is 4.84 Å². The molecule has 0 aliphatic heterocycles. The molecule has 0 rings (SSSR count). The minimum Gasteiger partial charge on any atom is -0.277 e. The number of carbonyl (C=O) groups is 1. The molecule has 0 radical (unpaired) electrons. The number of carbonyl (C=O) groups excluding carboxylic acids is 1. The van der Waals surface area contributed by atoms with Crippen molar-refractivity contribution in [2.75, 3.05) is 19.6 Å². The number of hydrogen-bond donors (Lipinski definition) is 0. The summed E-state index contributed by atoms with van der Waals surface area (Å²) in [5.41, 5.74) is 0. The molecule has 26 heavy (non-hydrogen) atoms. The Labute approximate surface area is 164 Å². The van der Waals surface area contributed by atoms with E-state index in [9.17, 15) is 4.79 Å². The zero-order valence-electron chi connectivity index (χ0n) is 18.5. The summed E-state index contributed by atoms with van der Waals surface area (Å²) in [6.07, 6.45) is 19.8. The molecule has 0 aliphatic rings. The summed E-state index contributed by atoms with van der Waals surface area (Å²) >= 11 is 0. The maximum atomic E-state index is 11.7. The van der Waals surface area contributed by atoms with Gasteiger partial charge in [-0.1, -0.05) is 90.9 Å². The first kappa shape index (κ1) is 25.4. The van der Waals surface area contributed by atoms with Crippen molar-refractivity contribution >= 4 is 5.97 Å². The summed E-state index contributed by atoms with van der Waals surface area (Å²) in [6, 6.07) is 0. The quantitative estimate of drug-likeness (QED) is 0.137. The molecular weight excluding hydrogens is 322 g/mol. The van der Waals surface area contributed by atoms with Gasteiger partial charge in [0, 0.05) is 12.8 Å². The van der Waals surface area contributed by atoms with Crippen LogP contribution < -0.4 is 0 Å². The van der Waals surface area contributed by atoms with Crippen LogP contribution in [0.3, 0.4) is 0 Å². The van der Waals surface area contributed by atoms with Gasteiger partial charge in [0.05, 0.1) is 0 Å². The van der Waals surface area contributed by atoms with Crippen molar-refractivity contribution in [1.29, 1.82) is 0 Å². The van der Waals surface area contributed by atoms with Crippen molar-refractivity contribution < 1.29 is 14.3 Å². The van der Waals surface area contributed by atoms with Crippen molar-refractivity contribution in [3.63, 3.8) is 0 Å². The van der Waals surface area contributed by atoms with Crippen LogP contribution in [0, 0.1) is 0 Å². The standard InChI is InChI=1S/C23H48NO2/c1-5-9-10-11-12-13-14-15-16-17-18-19-20-21-22-24(7-3,8-4)26-23(25)6-2/h5-22H2,1-4H3/q+1. The third-order valence-corrected chi connectivity index (χ3v) is 5.66. The van der Waals surface area contributed by atoms with E-state index < -0.39 is 0 Å². The lowest BCUT2D eigenvalue weighted by Crippen LogP contribution is -2.49. The van der Waals surface area contributed by atoms with Gasteiger partial charge in [-0.05, 0) is 20.3 Å². The SMILES string of the molecule is CCCCCCCCCCCCCCCC[N+](CC)(CC)OC(=O)CC. The smallest absolute Gasteiger partial charge is 0.277 e. The van der Waals surface area contributed by atoms with Gasteiger partial charge in [-0.2, -0.15) is 0 Å². The van der Waals surface area contributed by atoms with E-state index in [-0.39, 0.29) is 5.97 Å². The van der Waals surface area contributed by atoms with Crippen LogP contribution in [0.25, 0.3) is 0 Å². The van der Waals surface area contributed by atoms with E-state index in [4.69, 9.17) is 4.84 Å². The van der Waals surface area contributed by atoms with Gasteiger partial charge in [-0.25, -0.2) is 4.79 Å². The Bertz CT molecular complexity index is 313. The molecule has 0 saturated heterocycles. The molecule has 0 N–H and O–H groups in total. The molecular formula is C23H48NO2+. The lowest BCUT2D eigenvalue weighted by molar-refractivity contribution is -1.09. The fourth-order valence-electron chi connectivity index (χ4n) is 3.59. The largest absolute Gasteiger partial charge is 0.366 e. The normalized spacial score (nSPS) is 11.7. The highest BCUT2D eigenvalue weighted by Gasteiger charge is 2.28. The lowest BCUT2D eigenvalue weighted by atomic mass is 10.0. The van der Waals surface area contributed by atoms with Gasteiger partial charge in [-0.15, -0.1) is 4.65 Å². The van der Waals surface area contributed by atoms with Crippen LogP contribution >= 0.6 is 0 Å².